The summed E-state index contributed by atoms with van der Waals surface area (Å²) in [5.41, 5.74) is 0.304. The fraction of sp³-hybridized carbons (Fsp3) is 0.0769. The molecule has 0 fully saturated rings. The highest BCUT2D eigenvalue weighted by molar-refractivity contribution is 7.92. The summed E-state index contributed by atoms with van der Waals surface area (Å²) < 4.78 is 26.5. The number of rotatable bonds is 4. The third kappa shape index (κ3) is 3.12. The second-order valence-electron chi connectivity index (χ2n) is 4.13. The Morgan fingerprint density at radius 1 is 1.20 bits per heavy atom. The first kappa shape index (κ1) is 14.0. The predicted octanol–water partition coefficient (Wildman–Crippen LogP) is 1.38. The minimum absolute atomic E-state index is 0.0645. The van der Waals surface area contributed by atoms with Crippen LogP contribution in [0.3, 0.4) is 0 Å². The molecule has 1 aromatic carbocycles. The molecule has 6 nitrogen and oxygen atoms in total. The second-order valence-corrected chi connectivity index (χ2v) is 5.81. The first-order valence-corrected chi connectivity index (χ1v) is 7.19. The number of nitrogens with one attached hydrogen (secondary N) is 2. The number of sulfonamides is 1. The van der Waals surface area contributed by atoms with Gasteiger partial charge in [-0.25, -0.2) is 8.42 Å². The molecule has 0 saturated carbocycles. The van der Waals surface area contributed by atoms with Crippen molar-refractivity contribution in [2.45, 2.75) is 11.8 Å². The molecule has 0 radical (unpaired) electrons. The van der Waals surface area contributed by atoms with E-state index in [9.17, 15) is 18.0 Å². The average Bonchev–Trinajstić information content (AvgIpc) is 2.39. The van der Waals surface area contributed by atoms with Crippen LogP contribution in [0.25, 0.3) is 0 Å². The molecule has 20 heavy (non-hydrogen) atoms. The molecule has 7 heteroatoms. The summed E-state index contributed by atoms with van der Waals surface area (Å²) in [5, 5.41) is 0. The van der Waals surface area contributed by atoms with Crippen LogP contribution in [0.2, 0.25) is 0 Å². The highest BCUT2D eigenvalue weighted by Crippen LogP contribution is 2.16. The average molecular weight is 292 g/mol. The molecule has 0 aliphatic rings. The van der Waals surface area contributed by atoms with Crippen molar-refractivity contribution in [2.75, 3.05) is 4.72 Å². The maximum absolute atomic E-state index is 12.1. The van der Waals surface area contributed by atoms with Crippen molar-refractivity contribution in [3.8, 4) is 0 Å². The fourth-order valence-electron chi connectivity index (χ4n) is 1.58. The van der Waals surface area contributed by atoms with Crippen LogP contribution in [0.4, 0.5) is 5.69 Å². The summed E-state index contributed by atoms with van der Waals surface area (Å²) in [6.45, 7) is 1.40. The number of hydrogen-bond donors (Lipinski definition) is 2. The Labute approximate surface area is 115 Å². The highest BCUT2D eigenvalue weighted by Gasteiger charge is 2.14. The summed E-state index contributed by atoms with van der Waals surface area (Å²) in [6.07, 6.45) is 1.11. The van der Waals surface area contributed by atoms with Gasteiger partial charge in [0.15, 0.2) is 5.78 Å². The normalized spacial score (nSPS) is 11.1. The lowest BCUT2D eigenvalue weighted by Crippen LogP contribution is -2.15. The lowest BCUT2D eigenvalue weighted by Gasteiger charge is -2.08. The van der Waals surface area contributed by atoms with Crippen LogP contribution in [0, 0.1) is 0 Å². The number of aromatic nitrogens is 1. The van der Waals surface area contributed by atoms with Crippen LogP contribution in [0.1, 0.15) is 17.3 Å². The van der Waals surface area contributed by atoms with Gasteiger partial charge in [-0.15, -0.1) is 0 Å². The highest BCUT2D eigenvalue weighted by atomic mass is 32.2. The molecule has 0 spiro atoms. The quantitative estimate of drug-likeness (QED) is 0.832. The molecule has 1 aromatic heterocycles. The van der Waals surface area contributed by atoms with Crippen molar-refractivity contribution < 1.29 is 13.2 Å². The zero-order valence-corrected chi connectivity index (χ0v) is 11.4. The molecule has 0 aliphatic carbocycles. The molecule has 0 bridgehead atoms. The molecular formula is C13H12N2O4S. The van der Waals surface area contributed by atoms with Gasteiger partial charge in [0, 0.05) is 23.5 Å². The third-order valence-electron chi connectivity index (χ3n) is 2.59. The zero-order valence-electron chi connectivity index (χ0n) is 10.6. The van der Waals surface area contributed by atoms with Crippen LogP contribution in [0.5, 0.6) is 0 Å². The standard InChI is InChI=1S/C13H12N2O4S/c1-9(16)10-3-2-4-11(7-10)15-20(18,19)12-5-6-13(17)14-8-12/h2-8,15H,1H3,(H,14,17). The monoisotopic (exact) mass is 292 g/mol. The molecule has 0 atom stereocenters. The zero-order chi connectivity index (χ0) is 14.8. The predicted molar refractivity (Wildman–Crippen MR) is 74.3 cm³/mol. The van der Waals surface area contributed by atoms with E-state index in [1.165, 1.54) is 25.1 Å². The van der Waals surface area contributed by atoms with Gasteiger partial charge in [0.2, 0.25) is 5.56 Å². The van der Waals surface area contributed by atoms with E-state index < -0.39 is 10.0 Å². The van der Waals surface area contributed by atoms with Crippen molar-refractivity contribution in [3.63, 3.8) is 0 Å². The Kier molecular flexibility index (Phi) is 3.71. The first-order valence-electron chi connectivity index (χ1n) is 5.71. The Balaban J connectivity index is 2.33. The van der Waals surface area contributed by atoms with E-state index in [4.69, 9.17) is 0 Å². The molecule has 0 aliphatic heterocycles. The Bertz CT molecular complexity index is 789. The lowest BCUT2D eigenvalue weighted by atomic mass is 10.1. The Morgan fingerprint density at radius 3 is 2.55 bits per heavy atom. The molecule has 2 N–H and O–H groups in total. The van der Waals surface area contributed by atoms with Crippen LogP contribution >= 0.6 is 0 Å². The number of carbonyl (C=O) groups excluding carboxylic acids is 1. The SMILES string of the molecule is CC(=O)c1cccc(NS(=O)(=O)c2ccc(=O)[nH]c2)c1. The lowest BCUT2D eigenvalue weighted by molar-refractivity contribution is 0.101. The van der Waals surface area contributed by atoms with Crippen molar-refractivity contribution in [1.29, 1.82) is 0 Å². The maximum Gasteiger partial charge on any atom is 0.263 e. The van der Waals surface area contributed by atoms with Crippen molar-refractivity contribution in [2.24, 2.45) is 0 Å². The van der Waals surface area contributed by atoms with E-state index in [2.05, 4.69) is 9.71 Å². The second kappa shape index (κ2) is 5.30. The smallest absolute Gasteiger partial charge is 0.263 e. The van der Waals surface area contributed by atoms with Gasteiger partial charge in [0.25, 0.3) is 10.0 Å². The van der Waals surface area contributed by atoms with E-state index in [-0.39, 0.29) is 21.9 Å². The van der Waals surface area contributed by atoms with Gasteiger partial charge < -0.3 is 4.98 Å². The molecule has 2 rings (SSSR count). The number of pyridine rings is 1. The molecular weight excluding hydrogens is 280 g/mol. The summed E-state index contributed by atoms with van der Waals surface area (Å²) in [7, 11) is -3.80. The minimum Gasteiger partial charge on any atom is -0.328 e. The van der Waals surface area contributed by atoms with Crippen molar-refractivity contribution in [1.82, 2.24) is 4.98 Å². The maximum atomic E-state index is 12.1. The summed E-state index contributed by atoms with van der Waals surface area (Å²) in [6, 6.07) is 8.50. The van der Waals surface area contributed by atoms with Crippen molar-refractivity contribution >= 4 is 21.5 Å². The van der Waals surface area contributed by atoms with E-state index >= 15 is 0 Å². The summed E-state index contributed by atoms with van der Waals surface area (Å²) >= 11 is 0. The van der Waals surface area contributed by atoms with Crippen molar-refractivity contribution in [3.05, 3.63) is 58.5 Å². The van der Waals surface area contributed by atoms with Gasteiger partial charge in [-0.05, 0) is 25.1 Å². The van der Waals surface area contributed by atoms with Crippen LogP contribution in [-0.2, 0) is 10.0 Å². The van der Waals surface area contributed by atoms with E-state index in [1.807, 2.05) is 0 Å². The number of hydrogen-bond acceptors (Lipinski definition) is 4. The van der Waals surface area contributed by atoms with Gasteiger partial charge in [-0.2, -0.15) is 0 Å². The van der Waals surface area contributed by atoms with Gasteiger partial charge in [-0.1, -0.05) is 12.1 Å². The molecule has 0 amide bonds. The fourth-order valence-corrected chi connectivity index (χ4v) is 2.60. The van der Waals surface area contributed by atoms with Crippen LogP contribution in [-0.4, -0.2) is 19.2 Å². The van der Waals surface area contributed by atoms with Gasteiger partial charge in [0.05, 0.1) is 0 Å². The Morgan fingerprint density at radius 2 is 1.95 bits per heavy atom. The van der Waals surface area contributed by atoms with Gasteiger partial charge in [0.1, 0.15) is 4.90 Å². The number of carbonyl (C=O) groups is 1. The minimum atomic E-state index is -3.80. The number of Topliss-reactive ketones (excluding diaryl/α,β-unsaturated/α-hetero) is 1. The van der Waals surface area contributed by atoms with Crippen LogP contribution in [0.15, 0.2) is 52.3 Å². The van der Waals surface area contributed by atoms with E-state index in [0.29, 0.717) is 5.56 Å². The summed E-state index contributed by atoms with van der Waals surface area (Å²) in [4.78, 5) is 24.4. The van der Waals surface area contributed by atoms with E-state index in [0.717, 1.165) is 12.3 Å². The summed E-state index contributed by atoms with van der Waals surface area (Å²) in [5.74, 6) is -0.157. The first-order chi connectivity index (χ1) is 9.38. The number of ketones is 1. The number of benzene rings is 1. The number of H-pyrrole nitrogens is 1. The molecule has 2 aromatic rings. The van der Waals surface area contributed by atoms with Gasteiger partial charge >= 0.3 is 0 Å². The molecule has 0 saturated heterocycles. The van der Waals surface area contributed by atoms with E-state index in [1.54, 1.807) is 12.1 Å². The van der Waals surface area contributed by atoms with Crippen LogP contribution < -0.4 is 10.3 Å². The van der Waals surface area contributed by atoms with Gasteiger partial charge in [-0.3, -0.25) is 14.3 Å². The number of aromatic amines is 1. The number of anilines is 1. The largest absolute Gasteiger partial charge is 0.328 e. The molecule has 104 valence electrons. The topological polar surface area (TPSA) is 96.1 Å². The third-order valence-corrected chi connectivity index (χ3v) is 3.97. The molecule has 1 heterocycles. The molecule has 0 unspecified atom stereocenters. The Hall–Kier alpha value is -2.41.